The summed E-state index contributed by atoms with van der Waals surface area (Å²) in [5.41, 5.74) is 4.46. The van der Waals surface area contributed by atoms with Crippen molar-refractivity contribution in [1.29, 1.82) is 0 Å². The second-order valence-corrected chi connectivity index (χ2v) is 4.69. The van der Waals surface area contributed by atoms with Gasteiger partial charge < -0.3 is 4.74 Å². The lowest BCUT2D eigenvalue weighted by atomic mass is 10.1. The van der Waals surface area contributed by atoms with Gasteiger partial charge in [-0.1, -0.05) is 54.6 Å². The quantitative estimate of drug-likeness (QED) is 0.656. The molecule has 2 aromatic rings. The standard InChI is InChI=1S/C18H18N2O2/c1-15(12-16-8-4-2-5-9-16)13-19-20-18(21)14-22-17-10-6-3-7-11-17/h2-13H,14H2,1H3,(H,20,21)/b15-12-,19-13-. The van der Waals surface area contributed by atoms with Crippen LogP contribution in [0.3, 0.4) is 0 Å². The summed E-state index contributed by atoms with van der Waals surface area (Å²) in [6.07, 6.45) is 3.59. The van der Waals surface area contributed by atoms with E-state index in [1.807, 2.05) is 61.5 Å². The highest BCUT2D eigenvalue weighted by molar-refractivity contribution is 5.86. The number of para-hydroxylation sites is 1. The minimum atomic E-state index is -0.299. The number of hydrogen-bond acceptors (Lipinski definition) is 3. The highest BCUT2D eigenvalue weighted by Crippen LogP contribution is 2.07. The molecule has 0 fully saturated rings. The molecule has 4 heteroatoms. The number of allylic oxidation sites excluding steroid dienone is 1. The predicted octanol–water partition coefficient (Wildman–Crippen LogP) is 3.27. The van der Waals surface area contributed by atoms with Gasteiger partial charge in [-0.25, -0.2) is 5.43 Å². The number of nitrogens with one attached hydrogen (secondary N) is 1. The van der Waals surface area contributed by atoms with E-state index in [4.69, 9.17) is 4.74 Å². The summed E-state index contributed by atoms with van der Waals surface area (Å²) in [6, 6.07) is 19.1. The van der Waals surface area contributed by atoms with Crippen molar-refractivity contribution < 1.29 is 9.53 Å². The molecule has 0 aliphatic heterocycles. The maximum Gasteiger partial charge on any atom is 0.277 e. The molecule has 22 heavy (non-hydrogen) atoms. The number of carbonyl (C=O) groups excluding carboxylic acids is 1. The number of benzene rings is 2. The Morgan fingerprint density at radius 2 is 1.73 bits per heavy atom. The lowest BCUT2D eigenvalue weighted by Crippen LogP contribution is -2.24. The molecule has 0 heterocycles. The fraction of sp³-hybridized carbons (Fsp3) is 0.111. The molecule has 1 amide bonds. The van der Waals surface area contributed by atoms with Crippen LogP contribution in [-0.4, -0.2) is 18.7 Å². The molecule has 0 radical (unpaired) electrons. The Balaban J connectivity index is 1.77. The molecule has 112 valence electrons. The summed E-state index contributed by atoms with van der Waals surface area (Å²) in [5, 5.41) is 3.91. The minimum Gasteiger partial charge on any atom is -0.484 e. The van der Waals surface area contributed by atoms with Crippen LogP contribution in [0.25, 0.3) is 6.08 Å². The van der Waals surface area contributed by atoms with E-state index < -0.39 is 0 Å². The number of hydrazone groups is 1. The molecule has 2 aromatic carbocycles. The lowest BCUT2D eigenvalue weighted by Gasteiger charge is -2.04. The van der Waals surface area contributed by atoms with Crippen LogP contribution < -0.4 is 10.2 Å². The van der Waals surface area contributed by atoms with E-state index in [9.17, 15) is 4.79 Å². The van der Waals surface area contributed by atoms with E-state index in [0.717, 1.165) is 11.1 Å². The third kappa shape index (κ3) is 5.63. The fourth-order valence-electron chi connectivity index (χ4n) is 1.75. The van der Waals surface area contributed by atoms with Crippen molar-refractivity contribution in [1.82, 2.24) is 5.43 Å². The van der Waals surface area contributed by atoms with Gasteiger partial charge in [0.2, 0.25) is 0 Å². The van der Waals surface area contributed by atoms with Crippen molar-refractivity contribution >= 4 is 18.2 Å². The van der Waals surface area contributed by atoms with Gasteiger partial charge in [-0.3, -0.25) is 4.79 Å². The second kappa shape index (κ2) is 8.42. The number of rotatable bonds is 6. The Kier molecular flexibility index (Phi) is 5.93. The van der Waals surface area contributed by atoms with Crippen LogP contribution in [0.1, 0.15) is 12.5 Å². The van der Waals surface area contributed by atoms with E-state index in [2.05, 4.69) is 10.5 Å². The fourth-order valence-corrected chi connectivity index (χ4v) is 1.75. The summed E-state index contributed by atoms with van der Waals surface area (Å²) in [5.74, 6) is 0.356. The van der Waals surface area contributed by atoms with Gasteiger partial charge in [-0.05, 0) is 30.2 Å². The number of ether oxygens (including phenoxy) is 1. The van der Waals surface area contributed by atoms with Crippen molar-refractivity contribution in [3.8, 4) is 5.75 Å². The van der Waals surface area contributed by atoms with E-state index in [1.54, 1.807) is 18.3 Å². The van der Waals surface area contributed by atoms with Crippen molar-refractivity contribution in [2.45, 2.75) is 6.92 Å². The van der Waals surface area contributed by atoms with Crippen molar-refractivity contribution in [2.75, 3.05) is 6.61 Å². The molecule has 0 spiro atoms. The average Bonchev–Trinajstić information content (AvgIpc) is 2.55. The Bertz CT molecular complexity index is 649. The molecular weight excluding hydrogens is 276 g/mol. The second-order valence-electron chi connectivity index (χ2n) is 4.69. The molecule has 0 aliphatic carbocycles. The molecule has 0 atom stereocenters. The first kappa shape index (κ1) is 15.5. The van der Waals surface area contributed by atoms with Gasteiger partial charge in [0.25, 0.3) is 5.91 Å². The van der Waals surface area contributed by atoms with Crippen LogP contribution >= 0.6 is 0 Å². The summed E-state index contributed by atoms with van der Waals surface area (Å²) >= 11 is 0. The summed E-state index contributed by atoms with van der Waals surface area (Å²) < 4.78 is 5.32. The van der Waals surface area contributed by atoms with Crippen LogP contribution in [0.4, 0.5) is 0 Å². The van der Waals surface area contributed by atoms with Crippen LogP contribution in [-0.2, 0) is 4.79 Å². The average molecular weight is 294 g/mol. The topological polar surface area (TPSA) is 50.7 Å². The van der Waals surface area contributed by atoms with Crippen molar-refractivity contribution in [3.63, 3.8) is 0 Å². The summed E-state index contributed by atoms with van der Waals surface area (Å²) in [7, 11) is 0. The summed E-state index contributed by atoms with van der Waals surface area (Å²) in [6.45, 7) is 1.85. The molecule has 0 saturated carbocycles. The van der Waals surface area contributed by atoms with Gasteiger partial charge in [0.05, 0.1) is 6.21 Å². The number of carbonyl (C=O) groups is 1. The molecule has 0 aliphatic rings. The van der Waals surface area contributed by atoms with Crippen LogP contribution in [0.15, 0.2) is 71.3 Å². The Morgan fingerprint density at radius 1 is 1.09 bits per heavy atom. The highest BCUT2D eigenvalue weighted by Gasteiger charge is 2.00. The first-order chi connectivity index (χ1) is 10.7. The largest absolute Gasteiger partial charge is 0.484 e. The molecule has 0 unspecified atom stereocenters. The number of nitrogens with zero attached hydrogens (tertiary/aromatic N) is 1. The molecular formula is C18H18N2O2. The van der Waals surface area contributed by atoms with Gasteiger partial charge in [-0.15, -0.1) is 0 Å². The smallest absolute Gasteiger partial charge is 0.277 e. The van der Waals surface area contributed by atoms with Gasteiger partial charge in [-0.2, -0.15) is 5.10 Å². The number of amides is 1. The van der Waals surface area contributed by atoms with Crippen molar-refractivity contribution in [3.05, 3.63) is 71.8 Å². The van der Waals surface area contributed by atoms with Gasteiger partial charge in [0.15, 0.2) is 6.61 Å². The third-order valence-corrected chi connectivity index (χ3v) is 2.76. The first-order valence-corrected chi connectivity index (χ1v) is 6.97. The van der Waals surface area contributed by atoms with E-state index >= 15 is 0 Å². The zero-order valence-electron chi connectivity index (χ0n) is 12.4. The van der Waals surface area contributed by atoms with Crippen LogP contribution in [0, 0.1) is 0 Å². The highest BCUT2D eigenvalue weighted by atomic mass is 16.5. The Hall–Kier alpha value is -2.88. The Morgan fingerprint density at radius 3 is 2.41 bits per heavy atom. The van der Waals surface area contributed by atoms with Crippen LogP contribution in [0.5, 0.6) is 5.75 Å². The zero-order chi connectivity index (χ0) is 15.6. The molecule has 1 N–H and O–H groups in total. The lowest BCUT2D eigenvalue weighted by molar-refractivity contribution is -0.123. The number of hydrogen-bond donors (Lipinski definition) is 1. The SMILES string of the molecule is CC(/C=N\NC(=O)COc1ccccc1)=C/c1ccccc1. The van der Waals surface area contributed by atoms with E-state index in [-0.39, 0.29) is 12.5 Å². The van der Waals surface area contributed by atoms with E-state index in [1.165, 1.54) is 0 Å². The van der Waals surface area contributed by atoms with E-state index in [0.29, 0.717) is 5.75 Å². The maximum atomic E-state index is 11.6. The van der Waals surface area contributed by atoms with Gasteiger partial charge >= 0.3 is 0 Å². The normalized spacial score (nSPS) is 11.4. The van der Waals surface area contributed by atoms with Crippen molar-refractivity contribution in [2.24, 2.45) is 5.10 Å². The van der Waals surface area contributed by atoms with Gasteiger partial charge in [0, 0.05) is 0 Å². The molecule has 0 aromatic heterocycles. The van der Waals surface area contributed by atoms with Crippen LogP contribution in [0.2, 0.25) is 0 Å². The molecule has 4 nitrogen and oxygen atoms in total. The molecule has 0 bridgehead atoms. The maximum absolute atomic E-state index is 11.6. The summed E-state index contributed by atoms with van der Waals surface area (Å²) in [4.78, 5) is 11.6. The first-order valence-electron chi connectivity index (χ1n) is 6.97. The predicted molar refractivity (Wildman–Crippen MR) is 88.7 cm³/mol. The van der Waals surface area contributed by atoms with Gasteiger partial charge in [0.1, 0.15) is 5.75 Å². The Labute approximate surface area is 130 Å². The third-order valence-electron chi connectivity index (χ3n) is 2.76. The minimum absolute atomic E-state index is 0.0667. The zero-order valence-corrected chi connectivity index (χ0v) is 12.4. The molecule has 2 rings (SSSR count). The molecule has 0 saturated heterocycles. The monoisotopic (exact) mass is 294 g/mol.